The van der Waals surface area contributed by atoms with Gasteiger partial charge in [-0.1, -0.05) is 18.2 Å². The minimum absolute atomic E-state index is 0.0443. The Labute approximate surface area is 159 Å². The summed E-state index contributed by atoms with van der Waals surface area (Å²) >= 11 is 0. The van der Waals surface area contributed by atoms with Crippen molar-refractivity contribution in [3.63, 3.8) is 0 Å². The van der Waals surface area contributed by atoms with Crippen molar-refractivity contribution in [2.24, 2.45) is 0 Å². The Morgan fingerprint density at radius 3 is 2.52 bits per heavy atom. The predicted octanol–water partition coefficient (Wildman–Crippen LogP) is 3.43. The maximum atomic E-state index is 12.8. The predicted molar refractivity (Wildman–Crippen MR) is 111 cm³/mol. The first-order valence-electron chi connectivity index (χ1n) is 9.03. The van der Waals surface area contributed by atoms with Crippen LogP contribution in [-0.2, 0) is 6.54 Å². The van der Waals surface area contributed by atoms with Gasteiger partial charge in [-0.05, 0) is 63.3 Å². The molecule has 1 N–H and O–H groups in total. The highest BCUT2D eigenvalue weighted by Gasteiger charge is 2.13. The van der Waals surface area contributed by atoms with Crippen LogP contribution in [0.5, 0.6) is 0 Å². The molecule has 0 unspecified atom stereocenters. The molecule has 0 radical (unpaired) electrons. The van der Waals surface area contributed by atoms with Gasteiger partial charge in [-0.2, -0.15) is 0 Å². The number of benzene rings is 2. The van der Waals surface area contributed by atoms with E-state index < -0.39 is 0 Å². The van der Waals surface area contributed by atoms with Crippen LogP contribution in [0.25, 0.3) is 10.8 Å². The van der Waals surface area contributed by atoms with E-state index in [-0.39, 0.29) is 11.5 Å². The van der Waals surface area contributed by atoms with E-state index in [0.717, 1.165) is 23.1 Å². The maximum Gasteiger partial charge on any atom is 0.258 e. The van der Waals surface area contributed by atoms with Crippen molar-refractivity contribution in [1.29, 1.82) is 0 Å². The maximum absolute atomic E-state index is 12.8. The minimum atomic E-state index is -0.166. The van der Waals surface area contributed by atoms with Gasteiger partial charge < -0.3 is 14.8 Å². The molecule has 3 aromatic rings. The average molecular weight is 363 g/mol. The lowest BCUT2D eigenvalue weighted by Gasteiger charge is -2.14. The average Bonchev–Trinajstić information content (AvgIpc) is 2.63. The van der Waals surface area contributed by atoms with E-state index in [1.807, 2.05) is 63.2 Å². The fraction of sp³-hybridized carbons (Fsp3) is 0.273. The van der Waals surface area contributed by atoms with Crippen LogP contribution in [0.2, 0.25) is 0 Å². The molecule has 0 aliphatic carbocycles. The quantitative estimate of drug-likeness (QED) is 0.756. The Kier molecular flexibility index (Phi) is 5.42. The van der Waals surface area contributed by atoms with Gasteiger partial charge in [0, 0.05) is 41.3 Å². The largest absolute Gasteiger partial charge is 0.321 e. The molecular formula is C22H25N3O2. The number of carbonyl (C=O) groups is 1. The van der Waals surface area contributed by atoms with Gasteiger partial charge in [-0.3, -0.25) is 9.59 Å². The number of likely N-dealkylation sites (N-methyl/N-ethyl adjacent to an activating group) is 1. The lowest BCUT2D eigenvalue weighted by Crippen LogP contribution is -2.26. The molecule has 1 heterocycles. The molecule has 1 aromatic heterocycles. The summed E-state index contributed by atoms with van der Waals surface area (Å²) in [5.74, 6) is -0.166. The number of aromatic nitrogens is 1. The number of nitrogens with zero attached hydrogens (tertiary/aromatic N) is 2. The molecule has 0 saturated carbocycles. The number of hydrogen-bond donors (Lipinski definition) is 1. The number of rotatable bonds is 5. The zero-order valence-electron chi connectivity index (χ0n) is 16.2. The number of carbonyl (C=O) groups excluding carboxylic acids is 1. The number of anilines is 1. The summed E-state index contributed by atoms with van der Waals surface area (Å²) in [7, 11) is 3.96. The smallest absolute Gasteiger partial charge is 0.258 e. The van der Waals surface area contributed by atoms with Gasteiger partial charge in [-0.15, -0.1) is 0 Å². The van der Waals surface area contributed by atoms with E-state index in [1.54, 1.807) is 22.9 Å². The second kappa shape index (κ2) is 7.76. The standard InChI is InChI=1S/C22H25N3O2/c1-15-7-5-8-17(16(15)2)21(26)23-20-10-6-9-19-18(20)11-12-25(22(19)27)14-13-24(3)4/h5-12H,13-14H2,1-4H3,(H,23,26). The summed E-state index contributed by atoms with van der Waals surface area (Å²) in [5, 5.41) is 4.33. The third-order valence-electron chi connectivity index (χ3n) is 4.90. The van der Waals surface area contributed by atoms with Crippen LogP contribution in [0.3, 0.4) is 0 Å². The van der Waals surface area contributed by atoms with Crippen molar-refractivity contribution in [2.75, 3.05) is 26.0 Å². The number of fused-ring (bicyclic) bond motifs is 1. The number of hydrogen-bond acceptors (Lipinski definition) is 3. The molecule has 0 saturated heterocycles. The molecule has 0 atom stereocenters. The molecule has 0 aliphatic heterocycles. The monoisotopic (exact) mass is 363 g/mol. The molecule has 1 amide bonds. The lowest BCUT2D eigenvalue weighted by atomic mass is 10.0. The fourth-order valence-corrected chi connectivity index (χ4v) is 3.10. The zero-order valence-corrected chi connectivity index (χ0v) is 16.2. The molecule has 5 heteroatoms. The fourth-order valence-electron chi connectivity index (χ4n) is 3.10. The summed E-state index contributed by atoms with van der Waals surface area (Å²) in [4.78, 5) is 27.6. The minimum Gasteiger partial charge on any atom is -0.321 e. The van der Waals surface area contributed by atoms with Crippen LogP contribution in [0.4, 0.5) is 5.69 Å². The van der Waals surface area contributed by atoms with E-state index in [4.69, 9.17) is 0 Å². The van der Waals surface area contributed by atoms with Crippen molar-refractivity contribution >= 4 is 22.4 Å². The number of nitrogens with one attached hydrogen (secondary N) is 1. The zero-order chi connectivity index (χ0) is 19.6. The van der Waals surface area contributed by atoms with Gasteiger partial charge >= 0.3 is 0 Å². The molecule has 0 spiro atoms. The van der Waals surface area contributed by atoms with Gasteiger partial charge in [0.2, 0.25) is 0 Å². The Balaban J connectivity index is 1.96. The topological polar surface area (TPSA) is 54.3 Å². The van der Waals surface area contributed by atoms with E-state index in [0.29, 0.717) is 23.2 Å². The van der Waals surface area contributed by atoms with E-state index >= 15 is 0 Å². The first kappa shape index (κ1) is 18.9. The molecule has 27 heavy (non-hydrogen) atoms. The van der Waals surface area contributed by atoms with Gasteiger partial charge in [0.05, 0.1) is 0 Å². The SMILES string of the molecule is Cc1cccc(C(=O)Nc2cccc3c(=O)n(CCN(C)C)ccc23)c1C. The number of aryl methyl sites for hydroxylation is 1. The molecular weight excluding hydrogens is 338 g/mol. The van der Waals surface area contributed by atoms with E-state index in [2.05, 4.69) is 5.32 Å². The third kappa shape index (κ3) is 3.93. The Morgan fingerprint density at radius 2 is 1.78 bits per heavy atom. The van der Waals surface area contributed by atoms with Crippen LogP contribution in [-0.4, -0.2) is 36.0 Å². The van der Waals surface area contributed by atoms with Gasteiger partial charge in [0.1, 0.15) is 0 Å². The molecule has 0 fully saturated rings. The van der Waals surface area contributed by atoms with Crippen molar-refractivity contribution in [3.05, 3.63) is 75.7 Å². The summed E-state index contributed by atoms with van der Waals surface area (Å²) < 4.78 is 1.71. The first-order valence-corrected chi connectivity index (χ1v) is 9.03. The molecule has 5 nitrogen and oxygen atoms in total. The van der Waals surface area contributed by atoms with Gasteiger partial charge in [-0.25, -0.2) is 0 Å². The molecule has 2 aromatic carbocycles. The molecule has 0 aliphatic rings. The van der Waals surface area contributed by atoms with E-state index in [9.17, 15) is 9.59 Å². The highest BCUT2D eigenvalue weighted by atomic mass is 16.1. The molecule has 140 valence electrons. The van der Waals surface area contributed by atoms with Crippen LogP contribution < -0.4 is 10.9 Å². The third-order valence-corrected chi connectivity index (χ3v) is 4.90. The van der Waals surface area contributed by atoms with Crippen molar-refractivity contribution < 1.29 is 4.79 Å². The summed E-state index contributed by atoms with van der Waals surface area (Å²) in [5.41, 5.74) is 3.28. The van der Waals surface area contributed by atoms with Crippen molar-refractivity contribution in [3.8, 4) is 0 Å². The second-order valence-corrected chi connectivity index (χ2v) is 7.09. The second-order valence-electron chi connectivity index (χ2n) is 7.09. The van der Waals surface area contributed by atoms with E-state index in [1.165, 1.54) is 0 Å². The summed E-state index contributed by atoms with van der Waals surface area (Å²) in [6, 6.07) is 13.0. The van der Waals surface area contributed by atoms with Crippen LogP contribution in [0.15, 0.2) is 53.5 Å². The Bertz CT molecular complexity index is 1050. The molecule has 3 rings (SSSR count). The highest BCUT2D eigenvalue weighted by Crippen LogP contribution is 2.22. The van der Waals surface area contributed by atoms with Crippen molar-refractivity contribution in [2.45, 2.75) is 20.4 Å². The lowest BCUT2D eigenvalue weighted by molar-refractivity contribution is 0.102. The number of amides is 1. The Morgan fingerprint density at radius 1 is 1.04 bits per heavy atom. The number of pyridine rings is 1. The van der Waals surface area contributed by atoms with Crippen LogP contribution in [0, 0.1) is 13.8 Å². The van der Waals surface area contributed by atoms with Crippen LogP contribution >= 0.6 is 0 Å². The van der Waals surface area contributed by atoms with Crippen LogP contribution in [0.1, 0.15) is 21.5 Å². The van der Waals surface area contributed by atoms with Gasteiger partial charge in [0.15, 0.2) is 0 Å². The van der Waals surface area contributed by atoms with Crippen molar-refractivity contribution in [1.82, 2.24) is 9.47 Å². The highest BCUT2D eigenvalue weighted by molar-refractivity contribution is 6.09. The first-order chi connectivity index (χ1) is 12.9. The normalized spacial score (nSPS) is 11.1. The summed E-state index contributed by atoms with van der Waals surface area (Å²) in [6.07, 6.45) is 1.79. The summed E-state index contributed by atoms with van der Waals surface area (Å²) in [6.45, 7) is 5.34. The molecule has 0 bridgehead atoms. The Hall–Kier alpha value is -2.92. The van der Waals surface area contributed by atoms with Gasteiger partial charge in [0.25, 0.3) is 11.5 Å².